The van der Waals surface area contributed by atoms with Crippen LogP contribution in [0.2, 0.25) is 0 Å². The Kier molecular flexibility index (Phi) is 6.75. The number of benzene rings is 1. The zero-order chi connectivity index (χ0) is 22.5. The molecule has 0 amide bonds. The Bertz CT molecular complexity index is 1210. The number of rotatable bonds is 9. The molecule has 164 valence electrons. The van der Waals surface area contributed by atoms with E-state index < -0.39 is 27.7 Å². The summed E-state index contributed by atoms with van der Waals surface area (Å²) in [5, 5.41) is 15.9. The SMILES string of the molecule is CCn1c(=O)c([N+](=O)[O-])c(-c2cnn(Cc3ccccc3F)c2)n(CCCOC)c1=O. The third-order valence-corrected chi connectivity index (χ3v) is 4.83. The van der Waals surface area contributed by atoms with E-state index in [9.17, 15) is 24.1 Å². The highest BCUT2D eigenvalue weighted by Gasteiger charge is 2.29. The summed E-state index contributed by atoms with van der Waals surface area (Å²) in [6.07, 6.45) is 3.19. The zero-order valence-corrected chi connectivity index (χ0v) is 17.2. The third kappa shape index (κ3) is 4.45. The van der Waals surface area contributed by atoms with E-state index in [0.29, 0.717) is 18.6 Å². The third-order valence-electron chi connectivity index (χ3n) is 4.83. The Balaban J connectivity index is 2.16. The average molecular weight is 431 g/mol. The predicted octanol–water partition coefficient (Wildman–Crippen LogP) is 2.03. The summed E-state index contributed by atoms with van der Waals surface area (Å²) < 4.78 is 22.4. The van der Waals surface area contributed by atoms with Gasteiger partial charge in [-0.15, -0.1) is 0 Å². The standard InChI is InChI=1S/C20H22FN5O5/c1-3-24-19(27)18(26(29)30)17(25(20(24)28)9-6-10-31-2)15-11-22-23(13-15)12-14-7-4-5-8-16(14)21/h4-5,7-8,11,13H,3,6,9-10,12H2,1-2H3. The summed E-state index contributed by atoms with van der Waals surface area (Å²) in [5.74, 6) is -0.410. The Labute approximate surface area is 176 Å². The second-order valence-electron chi connectivity index (χ2n) is 6.80. The fraction of sp³-hybridized carbons (Fsp3) is 0.350. The monoisotopic (exact) mass is 431 g/mol. The van der Waals surface area contributed by atoms with E-state index in [-0.39, 0.29) is 30.9 Å². The molecule has 31 heavy (non-hydrogen) atoms. The van der Waals surface area contributed by atoms with Gasteiger partial charge in [-0.25, -0.2) is 9.18 Å². The fourth-order valence-corrected chi connectivity index (χ4v) is 3.37. The smallest absolute Gasteiger partial charge is 0.358 e. The van der Waals surface area contributed by atoms with E-state index in [1.807, 2.05) is 0 Å². The fourth-order valence-electron chi connectivity index (χ4n) is 3.37. The Morgan fingerprint density at radius 1 is 1.23 bits per heavy atom. The molecular weight excluding hydrogens is 409 g/mol. The molecule has 3 aromatic rings. The number of methoxy groups -OCH3 is 1. The van der Waals surface area contributed by atoms with Crippen molar-refractivity contribution < 1.29 is 14.1 Å². The number of nitrogens with zero attached hydrogens (tertiary/aromatic N) is 5. The number of hydrogen-bond acceptors (Lipinski definition) is 6. The molecule has 0 fully saturated rings. The molecule has 0 atom stereocenters. The normalized spacial score (nSPS) is 11.1. The van der Waals surface area contributed by atoms with Crippen molar-refractivity contribution in [2.45, 2.75) is 33.0 Å². The van der Waals surface area contributed by atoms with Gasteiger partial charge in [-0.3, -0.25) is 28.7 Å². The first-order valence-electron chi connectivity index (χ1n) is 9.66. The number of ether oxygens (including phenoxy) is 1. The van der Waals surface area contributed by atoms with E-state index in [4.69, 9.17) is 4.74 Å². The molecule has 0 aliphatic carbocycles. The van der Waals surface area contributed by atoms with Crippen LogP contribution in [0.1, 0.15) is 18.9 Å². The molecular formula is C20H22FN5O5. The van der Waals surface area contributed by atoms with Crippen LogP contribution in [0.4, 0.5) is 10.1 Å². The van der Waals surface area contributed by atoms with Gasteiger partial charge in [0.15, 0.2) is 0 Å². The summed E-state index contributed by atoms with van der Waals surface area (Å²) in [7, 11) is 1.51. The van der Waals surface area contributed by atoms with Crippen molar-refractivity contribution in [1.29, 1.82) is 0 Å². The predicted molar refractivity (Wildman–Crippen MR) is 111 cm³/mol. The number of halogens is 1. The minimum Gasteiger partial charge on any atom is -0.385 e. The maximum Gasteiger partial charge on any atom is 0.358 e. The molecule has 1 aromatic carbocycles. The van der Waals surface area contributed by atoms with Gasteiger partial charge < -0.3 is 4.74 Å². The maximum absolute atomic E-state index is 14.0. The summed E-state index contributed by atoms with van der Waals surface area (Å²) in [6.45, 7) is 2.09. The molecule has 0 saturated heterocycles. The maximum atomic E-state index is 14.0. The van der Waals surface area contributed by atoms with Gasteiger partial charge in [0.2, 0.25) is 0 Å². The van der Waals surface area contributed by atoms with Crippen molar-refractivity contribution in [3.8, 4) is 11.3 Å². The first-order valence-corrected chi connectivity index (χ1v) is 9.66. The molecule has 2 heterocycles. The lowest BCUT2D eigenvalue weighted by Crippen LogP contribution is -2.41. The Morgan fingerprint density at radius 3 is 2.61 bits per heavy atom. The second-order valence-corrected chi connectivity index (χ2v) is 6.80. The van der Waals surface area contributed by atoms with Crippen LogP contribution < -0.4 is 11.2 Å². The van der Waals surface area contributed by atoms with Crippen LogP contribution in [0.15, 0.2) is 46.2 Å². The molecule has 0 bridgehead atoms. The first-order chi connectivity index (χ1) is 14.9. The van der Waals surface area contributed by atoms with Gasteiger partial charge in [0.25, 0.3) is 0 Å². The zero-order valence-electron chi connectivity index (χ0n) is 17.2. The van der Waals surface area contributed by atoms with E-state index in [0.717, 1.165) is 4.57 Å². The molecule has 0 spiro atoms. The van der Waals surface area contributed by atoms with Gasteiger partial charge in [0.05, 0.1) is 17.7 Å². The number of aromatic nitrogens is 4. The molecule has 0 radical (unpaired) electrons. The number of nitro groups is 1. The van der Waals surface area contributed by atoms with Crippen LogP contribution in [-0.2, 0) is 24.4 Å². The lowest BCUT2D eigenvalue weighted by Gasteiger charge is -2.14. The van der Waals surface area contributed by atoms with E-state index in [1.165, 1.54) is 34.8 Å². The molecule has 0 saturated carbocycles. The van der Waals surface area contributed by atoms with Crippen LogP contribution in [0.3, 0.4) is 0 Å². The van der Waals surface area contributed by atoms with Crippen molar-refractivity contribution in [3.63, 3.8) is 0 Å². The van der Waals surface area contributed by atoms with E-state index >= 15 is 0 Å². The summed E-state index contributed by atoms with van der Waals surface area (Å²) in [5.41, 5.74) is -1.85. The van der Waals surface area contributed by atoms with Crippen molar-refractivity contribution in [2.24, 2.45) is 0 Å². The minimum atomic E-state index is -0.975. The lowest BCUT2D eigenvalue weighted by atomic mass is 10.2. The van der Waals surface area contributed by atoms with Gasteiger partial charge in [-0.2, -0.15) is 5.10 Å². The summed E-state index contributed by atoms with van der Waals surface area (Å²) >= 11 is 0. The van der Waals surface area contributed by atoms with Crippen LogP contribution in [0, 0.1) is 15.9 Å². The Hall–Kier alpha value is -3.60. The molecule has 10 nitrogen and oxygen atoms in total. The highest BCUT2D eigenvalue weighted by molar-refractivity contribution is 5.68. The van der Waals surface area contributed by atoms with Crippen LogP contribution in [0.25, 0.3) is 11.3 Å². The Morgan fingerprint density at radius 2 is 1.97 bits per heavy atom. The molecule has 0 unspecified atom stereocenters. The quantitative estimate of drug-likeness (QED) is 0.291. The lowest BCUT2D eigenvalue weighted by molar-refractivity contribution is -0.386. The number of hydrogen-bond donors (Lipinski definition) is 0. The van der Waals surface area contributed by atoms with Gasteiger partial charge in [0.1, 0.15) is 11.5 Å². The molecule has 11 heteroatoms. The molecule has 0 aliphatic rings. The van der Waals surface area contributed by atoms with E-state index in [2.05, 4.69) is 5.10 Å². The van der Waals surface area contributed by atoms with Crippen molar-refractivity contribution >= 4 is 5.69 Å². The van der Waals surface area contributed by atoms with E-state index in [1.54, 1.807) is 25.1 Å². The van der Waals surface area contributed by atoms with Crippen molar-refractivity contribution in [3.05, 3.63) is 79.0 Å². The summed E-state index contributed by atoms with van der Waals surface area (Å²) in [6, 6.07) is 6.17. The molecule has 0 aliphatic heterocycles. The van der Waals surface area contributed by atoms with Crippen molar-refractivity contribution in [2.75, 3.05) is 13.7 Å². The largest absolute Gasteiger partial charge is 0.385 e. The van der Waals surface area contributed by atoms with Crippen LogP contribution in [-0.4, -0.2) is 37.6 Å². The average Bonchev–Trinajstić information content (AvgIpc) is 3.19. The van der Waals surface area contributed by atoms with Gasteiger partial charge in [-0.05, 0) is 19.4 Å². The highest BCUT2D eigenvalue weighted by atomic mass is 19.1. The molecule has 2 aromatic heterocycles. The van der Waals surface area contributed by atoms with Gasteiger partial charge in [0, 0.05) is 44.1 Å². The topological polar surface area (TPSA) is 114 Å². The molecule has 3 rings (SSSR count). The van der Waals surface area contributed by atoms with Gasteiger partial charge in [-0.1, -0.05) is 18.2 Å². The van der Waals surface area contributed by atoms with Crippen molar-refractivity contribution in [1.82, 2.24) is 18.9 Å². The van der Waals surface area contributed by atoms with Crippen LogP contribution in [0.5, 0.6) is 0 Å². The van der Waals surface area contributed by atoms with Gasteiger partial charge >= 0.3 is 16.9 Å². The molecule has 0 N–H and O–H groups in total. The highest BCUT2D eigenvalue weighted by Crippen LogP contribution is 2.26. The van der Waals surface area contributed by atoms with Crippen LogP contribution >= 0.6 is 0 Å². The second kappa shape index (κ2) is 9.47. The minimum absolute atomic E-state index is 0.00435. The summed E-state index contributed by atoms with van der Waals surface area (Å²) in [4.78, 5) is 36.6. The first kappa shape index (κ1) is 22.1.